The van der Waals surface area contributed by atoms with Gasteiger partial charge in [-0.25, -0.2) is 4.79 Å². The lowest BCUT2D eigenvalue weighted by molar-refractivity contribution is 0.0291. The number of nitrogens with one attached hydrogen (secondary N) is 1. The van der Waals surface area contributed by atoms with E-state index in [-0.39, 0.29) is 0 Å². The van der Waals surface area contributed by atoms with Crippen molar-refractivity contribution >= 4 is 17.7 Å². The van der Waals surface area contributed by atoms with E-state index in [1.54, 1.807) is 46.8 Å². The molecule has 0 bridgehead atoms. The largest absolute Gasteiger partial charge is 0.493 e. The summed E-state index contributed by atoms with van der Waals surface area (Å²) in [7, 11) is 2.96. The zero-order valence-electron chi connectivity index (χ0n) is 15.2. The van der Waals surface area contributed by atoms with Gasteiger partial charge in [0.15, 0.2) is 11.5 Å². The Labute approximate surface area is 148 Å². The molecule has 1 unspecified atom stereocenters. The zero-order valence-corrected chi connectivity index (χ0v) is 15.9. The lowest BCUT2D eigenvalue weighted by Crippen LogP contribution is -2.49. The first-order chi connectivity index (χ1) is 10.9. The highest BCUT2D eigenvalue weighted by Gasteiger charge is 2.33. The quantitative estimate of drug-likeness (QED) is 0.838. The number of aliphatic hydroxyl groups excluding tert-OH is 1. The van der Waals surface area contributed by atoms with E-state index in [1.165, 1.54) is 14.2 Å². The summed E-state index contributed by atoms with van der Waals surface area (Å²) in [6.07, 6.45) is -1.65. The number of methoxy groups -OCH3 is 2. The number of halogens is 1. The maximum absolute atomic E-state index is 12.0. The van der Waals surface area contributed by atoms with Gasteiger partial charge in [-0.2, -0.15) is 0 Å². The summed E-state index contributed by atoms with van der Waals surface area (Å²) in [5.41, 5.74) is -1.14. The number of aliphatic hydroxyl groups is 1. The number of rotatable bonds is 5. The summed E-state index contributed by atoms with van der Waals surface area (Å²) < 4.78 is 15.6. The van der Waals surface area contributed by atoms with E-state index in [2.05, 4.69) is 5.32 Å². The number of alkyl carbamates (subject to hydrolysis) is 1. The Morgan fingerprint density at radius 1 is 1.17 bits per heavy atom. The molecule has 0 aliphatic carbocycles. The topological polar surface area (TPSA) is 77.0 Å². The summed E-state index contributed by atoms with van der Waals surface area (Å²) in [6.45, 7) is 8.68. The van der Waals surface area contributed by atoms with Crippen LogP contribution in [0.4, 0.5) is 4.79 Å². The minimum atomic E-state index is -1.04. The molecule has 0 radical (unpaired) electrons. The van der Waals surface area contributed by atoms with E-state index >= 15 is 0 Å². The van der Waals surface area contributed by atoms with Gasteiger partial charge in [-0.1, -0.05) is 11.6 Å². The first-order valence-electron chi connectivity index (χ1n) is 7.52. The molecule has 1 amide bonds. The fraction of sp³-hybridized carbons (Fsp3) is 0.588. The van der Waals surface area contributed by atoms with Crippen molar-refractivity contribution in [2.75, 3.05) is 14.2 Å². The molecule has 0 heterocycles. The first-order valence-corrected chi connectivity index (χ1v) is 7.89. The third kappa shape index (κ3) is 5.18. The van der Waals surface area contributed by atoms with Crippen LogP contribution in [0.5, 0.6) is 11.5 Å². The predicted molar refractivity (Wildman–Crippen MR) is 93.0 cm³/mol. The van der Waals surface area contributed by atoms with Crippen LogP contribution >= 0.6 is 11.6 Å². The lowest BCUT2D eigenvalue weighted by Gasteiger charge is -2.33. The molecule has 0 spiro atoms. The lowest BCUT2D eigenvalue weighted by atomic mass is 9.91. The smallest absolute Gasteiger partial charge is 0.408 e. The third-order valence-corrected chi connectivity index (χ3v) is 3.56. The second-order valence-corrected chi connectivity index (χ2v) is 7.40. The van der Waals surface area contributed by atoms with Crippen molar-refractivity contribution < 1.29 is 24.1 Å². The average Bonchev–Trinajstić information content (AvgIpc) is 2.42. The highest BCUT2D eigenvalue weighted by atomic mass is 35.5. The Bertz CT molecular complexity index is 595. The molecule has 0 aliphatic rings. The van der Waals surface area contributed by atoms with Gasteiger partial charge in [0, 0.05) is 0 Å². The van der Waals surface area contributed by atoms with Gasteiger partial charge < -0.3 is 24.6 Å². The van der Waals surface area contributed by atoms with Gasteiger partial charge in [0.25, 0.3) is 0 Å². The third-order valence-electron chi connectivity index (χ3n) is 3.28. The highest BCUT2D eigenvalue weighted by molar-refractivity contribution is 6.32. The van der Waals surface area contributed by atoms with Crippen molar-refractivity contribution in [3.05, 3.63) is 22.7 Å². The van der Waals surface area contributed by atoms with Gasteiger partial charge in [0.05, 0.1) is 24.8 Å². The monoisotopic (exact) mass is 359 g/mol. The molecule has 0 saturated heterocycles. The molecule has 24 heavy (non-hydrogen) atoms. The van der Waals surface area contributed by atoms with Gasteiger partial charge >= 0.3 is 6.09 Å². The second-order valence-electron chi connectivity index (χ2n) is 6.99. The van der Waals surface area contributed by atoms with E-state index in [0.717, 1.165) is 0 Å². The summed E-state index contributed by atoms with van der Waals surface area (Å²) >= 11 is 6.17. The molecule has 136 valence electrons. The first kappa shape index (κ1) is 20.4. The maximum Gasteiger partial charge on any atom is 0.408 e. The molecule has 7 heteroatoms. The minimum Gasteiger partial charge on any atom is -0.493 e. The van der Waals surface area contributed by atoms with Crippen LogP contribution in [-0.4, -0.2) is 36.6 Å². The molecular weight excluding hydrogens is 334 g/mol. The number of hydrogen-bond acceptors (Lipinski definition) is 5. The summed E-state index contributed by atoms with van der Waals surface area (Å²) in [5.74, 6) is 0.778. The number of ether oxygens (including phenoxy) is 3. The van der Waals surface area contributed by atoms with Gasteiger partial charge in [-0.3, -0.25) is 0 Å². The summed E-state index contributed by atoms with van der Waals surface area (Å²) in [6, 6.07) is 3.19. The Morgan fingerprint density at radius 3 is 2.21 bits per heavy atom. The standard InChI is InChI=1S/C17H26ClNO5/c1-16(2,3)24-15(21)19-17(4,5)14(20)10-8-11(18)13(23-7)12(9-10)22-6/h8-9,14,20H,1-7H3,(H,19,21). The number of carbonyl (C=O) groups is 1. The van der Waals surface area contributed by atoms with Crippen LogP contribution in [0, 0.1) is 0 Å². The SMILES string of the molecule is COc1cc(C(O)C(C)(C)NC(=O)OC(C)(C)C)cc(Cl)c1OC. The fourth-order valence-corrected chi connectivity index (χ4v) is 2.44. The molecule has 0 aromatic heterocycles. The van der Waals surface area contributed by atoms with E-state index in [0.29, 0.717) is 22.1 Å². The Morgan fingerprint density at radius 2 is 1.75 bits per heavy atom. The average molecular weight is 360 g/mol. The fourth-order valence-electron chi connectivity index (χ4n) is 2.15. The van der Waals surface area contributed by atoms with Crippen molar-refractivity contribution in [3.63, 3.8) is 0 Å². The van der Waals surface area contributed by atoms with Crippen molar-refractivity contribution in [1.82, 2.24) is 5.32 Å². The van der Waals surface area contributed by atoms with Crippen LogP contribution in [0.2, 0.25) is 5.02 Å². The van der Waals surface area contributed by atoms with Crippen molar-refractivity contribution in [2.45, 2.75) is 51.9 Å². The second kappa shape index (κ2) is 7.49. The van der Waals surface area contributed by atoms with E-state index in [1.807, 2.05) is 0 Å². The van der Waals surface area contributed by atoms with Crippen LogP contribution in [0.3, 0.4) is 0 Å². The molecule has 1 rings (SSSR count). The Kier molecular flexibility index (Phi) is 6.36. The van der Waals surface area contributed by atoms with Gasteiger partial charge in [-0.15, -0.1) is 0 Å². The Hall–Kier alpha value is -1.66. The highest BCUT2D eigenvalue weighted by Crippen LogP contribution is 2.39. The van der Waals surface area contributed by atoms with Crippen molar-refractivity contribution in [2.24, 2.45) is 0 Å². The molecule has 1 atom stereocenters. The number of benzene rings is 1. The van der Waals surface area contributed by atoms with Crippen LogP contribution in [0.1, 0.15) is 46.3 Å². The maximum atomic E-state index is 12.0. The van der Waals surface area contributed by atoms with Crippen LogP contribution in [0.25, 0.3) is 0 Å². The van der Waals surface area contributed by atoms with E-state index in [4.69, 9.17) is 25.8 Å². The molecule has 6 nitrogen and oxygen atoms in total. The summed E-state index contributed by atoms with van der Waals surface area (Å²) in [4.78, 5) is 12.0. The number of amides is 1. The van der Waals surface area contributed by atoms with Gasteiger partial charge in [-0.05, 0) is 52.3 Å². The summed E-state index contributed by atoms with van der Waals surface area (Å²) in [5, 5.41) is 13.7. The number of carbonyl (C=O) groups excluding carboxylic acids is 1. The molecule has 0 fully saturated rings. The number of hydrogen-bond donors (Lipinski definition) is 2. The van der Waals surface area contributed by atoms with Crippen molar-refractivity contribution in [1.29, 1.82) is 0 Å². The normalized spacial score (nSPS) is 13.2. The molecule has 2 N–H and O–H groups in total. The van der Waals surface area contributed by atoms with Crippen LogP contribution in [-0.2, 0) is 4.74 Å². The molecule has 0 saturated carbocycles. The Balaban J connectivity index is 3.05. The van der Waals surface area contributed by atoms with E-state index < -0.39 is 23.3 Å². The predicted octanol–water partition coefficient (Wildman–Crippen LogP) is 3.69. The molecular formula is C17H26ClNO5. The van der Waals surface area contributed by atoms with E-state index in [9.17, 15) is 9.90 Å². The van der Waals surface area contributed by atoms with Gasteiger partial charge in [0.2, 0.25) is 0 Å². The van der Waals surface area contributed by atoms with Crippen molar-refractivity contribution in [3.8, 4) is 11.5 Å². The molecule has 1 aromatic carbocycles. The molecule has 0 aliphatic heterocycles. The molecule has 1 aromatic rings. The van der Waals surface area contributed by atoms with Crippen LogP contribution < -0.4 is 14.8 Å². The van der Waals surface area contributed by atoms with Crippen LogP contribution in [0.15, 0.2) is 12.1 Å². The van der Waals surface area contributed by atoms with Gasteiger partial charge in [0.1, 0.15) is 11.7 Å². The minimum absolute atomic E-state index is 0.305. The zero-order chi connectivity index (χ0) is 18.7.